The third-order valence-corrected chi connectivity index (χ3v) is 3.43. The smallest absolute Gasteiger partial charge is 0.259 e. The number of likely N-dealkylation sites (N-methyl/N-ethyl adjacent to an activating group) is 1. The van der Waals surface area contributed by atoms with Crippen LogP contribution in [0.25, 0.3) is 0 Å². The average Bonchev–Trinajstić information content (AvgIpc) is 2.49. The van der Waals surface area contributed by atoms with Crippen molar-refractivity contribution in [2.24, 2.45) is 11.7 Å². The van der Waals surface area contributed by atoms with Gasteiger partial charge < -0.3 is 20.7 Å². The molecule has 1 aromatic rings. The number of rotatable bonds is 7. The number of ether oxygens (including phenoxy) is 1. The Morgan fingerprint density at radius 1 is 1.32 bits per heavy atom. The van der Waals surface area contributed by atoms with Crippen molar-refractivity contribution < 1.29 is 14.3 Å². The molecule has 0 fully saturated rings. The SMILES string of the molecule is CC(N)C(C)C(=O)NCc1cccc(OCC(=O)N(C)C)c1. The van der Waals surface area contributed by atoms with Gasteiger partial charge in [-0.2, -0.15) is 0 Å². The summed E-state index contributed by atoms with van der Waals surface area (Å²) in [4.78, 5) is 24.8. The molecular weight excluding hydrogens is 282 g/mol. The van der Waals surface area contributed by atoms with E-state index in [4.69, 9.17) is 10.5 Å². The van der Waals surface area contributed by atoms with Crippen LogP contribution in [0.2, 0.25) is 0 Å². The van der Waals surface area contributed by atoms with Crippen LogP contribution in [-0.2, 0) is 16.1 Å². The minimum Gasteiger partial charge on any atom is -0.484 e. The summed E-state index contributed by atoms with van der Waals surface area (Å²) < 4.78 is 5.44. The van der Waals surface area contributed by atoms with E-state index in [1.165, 1.54) is 4.90 Å². The number of carbonyl (C=O) groups is 2. The molecule has 0 aliphatic carbocycles. The van der Waals surface area contributed by atoms with E-state index in [1.807, 2.05) is 12.1 Å². The van der Waals surface area contributed by atoms with Crippen molar-refractivity contribution in [3.05, 3.63) is 29.8 Å². The van der Waals surface area contributed by atoms with E-state index in [0.717, 1.165) is 5.56 Å². The maximum atomic E-state index is 11.9. The zero-order valence-corrected chi connectivity index (χ0v) is 13.6. The second-order valence-corrected chi connectivity index (χ2v) is 5.59. The number of benzene rings is 1. The normalized spacial score (nSPS) is 13.1. The Bertz CT molecular complexity index is 515. The lowest BCUT2D eigenvalue weighted by Gasteiger charge is -2.15. The maximum Gasteiger partial charge on any atom is 0.259 e. The second-order valence-electron chi connectivity index (χ2n) is 5.59. The topological polar surface area (TPSA) is 84.7 Å². The molecule has 0 spiro atoms. The van der Waals surface area contributed by atoms with Gasteiger partial charge in [0, 0.05) is 32.6 Å². The van der Waals surface area contributed by atoms with Crippen LogP contribution in [0.3, 0.4) is 0 Å². The van der Waals surface area contributed by atoms with Crippen LogP contribution in [0.1, 0.15) is 19.4 Å². The van der Waals surface area contributed by atoms with Gasteiger partial charge in [0.2, 0.25) is 5.91 Å². The van der Waals surface area contributed by atoms with Crippen LogP contribution in [-0.4, -0.2) is 43.5 Å². The van der Waals surface area contributed by atoms with Gasteiger partial charge in [-0.1, -0.05) is 19.1 Å². The number of carbonyl (C=O) groups excluding carboxylic acids is 2. The number of nitrogens with zero attached hydrogens (tertiary/aromatic N) is 1. The van der Waals surface area contributed by atoms with Crippen LogP contribution in [0, 0.1) is 5.92 Å². The summed E-state index contributed by atoms with van der Waals surface area (Å²) in [6.45, 7) is 3.99. The Balaban J connectivity index is 2.54. The average molecular weight is 307 g/mol. The lowest BCUT2D eigenvalue weighted by atomic mass is 10.0. The third-order valence-electron chi connectivity index (χ3n) is 3.43. The van der Waals surface area contributed by atoms with Gasteiger partial charge in [-0.05, 0) is 24.6 Å². The first-order chi connectivity index (χ1) is 10.3. The van der Waals surface area contributed by atoms with Crippen molar-refractivity contribution >= 4 is 11.8 Å². The van der Waals surface area contributed by atoms with Gasteiger partial charge in [-0.15, -0.1) is 0 Å². The summed E-state index contributed by atoms with van der Waals surface area (Å²) in [5, 5.41) is 2.84. The fraction of sp³-hybridized carbons (Fsp3) is 0.500. The number of hydrogen-bond acceptors (Lipinski definition) is 4. The molecule has 0 aliphatic rings. The number of hydrogen-bond donors (Lipinski definition) is 2. The van der Waals surface area contributed by atoms with Gasteiger partial charge in [0.05, 0.1) is 0 Å². The Morgan fingerprint density at radius 3 is 2.59 bits per heavy atom. The molecule has 1 rings (SSSR count). The molecule has 2 amide bonds. The van der Waals surface area contributed by atoms with Gasteiger partial charge >= 0.3 is 0 Å². The molecule has 0 radical (unpaired) electrons. The highest BCUT2D eigenvalue weighted by Gasteiger charge is 2.16. The summed E-state index contributed by atoms with van der Waals surface area (Å²) in [5.74, 6) is 0.174. The Morgan fingerprint density at radius 2 is 2.00 bits per heavy atom. The van der Waals surface area contributed by atoms with Crippen LogP contribution >= 0.6 is 0 Å². The molecule has 0 heterocycles. The molecule has 6 nitrogen and oxygen atoms in total. The number of nitrogens with two attached hydrogens (primary N) is 1. The Hall–Kier alpha value is -2.08. The van der Waals surface area contributed by atoms with Crippen LogP contribution in [0.4, 0.5) is 0 Å². The molecule has 6 heteroatoms. The largest absolute Gasteiger partial charge is 0.484 e. The fourth-order valence-corrected chi connectivity index (χ4v) is 1.61. The fourth-order valence-electron chi connectivity index (χ4n) is 1.61. The summed E-state index contributed by atoms with van der Waals surface area (Å²) in [5.41, 5.74) is 6.61. The van der Waals surface area contributed by atoms with Gasteiger partial charge in [0.1, 0.15) is 5.75 Å². The quantitative estimate of drug-likeness (QED) is 0.778. The Labute approximate surface area is 131 Å². The molecule has 22 heavy (non-hydrogen) atoms. The lowest BCUT2D eigenvalue weighted by Crippen LogP contribution is -2.38. The molecule has 1 aromatic carbocycles. The molecule has 0 aliphatic heterocycles. The molecule has 0 saturated carbocycles. The predicted octanol–water partition coefficient (Wildman–Crippen LogP) is 0.753. The van der Waals surface area contributed by atoms with Crippen LogP contribution in [0.5, 0.6) is 5.75 Å². The lowest BCUT2D eigenvalue weighted by molar-refractivity contribution is -0.130. The molecule has 3 N–H and O–H groups in total. The van der Waals surface area contributed by atoms with Crippen molar-refractivity contribution in [1.29, 1.82) is 0 Å². The van der Waals surface area contributed by atoms with E-state index in [2.05, 4.69) is 5.32 Å². The maximum absolute atomic E-state index is 11.9. The molecular formula is C16H25N3O3. The van der Waals surface area contributed by atoms with Crippen LogP contribution in [0.15, 0.2) is 24.3 Å². The van der Waals surface area contributed by atoms with E-state index in [0.29, 0.717) is 12.3 Å². The zero-order valence-electron chi connectivity index (χ0n) is 13.6. The van der Waals surface area contributed by atoms with Gasteiger partial charge in [0.25, 0.3) is 5.91 Å². The highest BCUT2D eigenvalue weighted by molar-refractivity contribution is 5.79. The molecule has 0 saturated heterocycles. The molecule has 0 aromatic heterocycles. The van der Waals surface area contributed by atoms with Crippen molar-refractivity contribution in [3.8, 4) is 5.75 Å². The monoisotopic (exact) mass is 307 g/mol. The third kappa shape index (κ3) is 5.73. The number of amides is 2. The highest BCUT2D eigenvalue weighted by atomic mass is 16.5. The standard InChI is InChI=1S/C16H25N3O3/c1-11(12(2)17)16(21)18-9-13-6-5-7-14(8-13)22-10-15(20)19(3)4/h5-8,11-12H,9-10,17H2,1-4H3,(H,18,21). The zero-order chi connectivity index (χ0) is 16.7. The van der Waals surface area contributed by atoms with E-state index in [9.17, 15) is 9.59 Å². The minimum absolute atomic E-state index is 0.00939. The first-order valence-corrected chi connectivity index (χ1v) is 7.26. The summed E-state index contributed by atoms with van der Waals surface area (Å²) in [7, 11) is 3.36. The van der Waals surface area contributed by atoms with Crippen molar-refractivity contribution in [2.45, 2.75) is 26.4 Å². The van der Waals surface area contributed by atoms with Crippen molar-refractivity contribution in [2.75, 3.05) is 20.7 Å². The van der Waals surface area contributed by atoms with Crippen LogP contribution < -0.4 is 15.8 Å². The summed E-state index contributed by atoms with van der Waals surface area (Å²) >= 11 is 0. The van der Waals surface area contributed by atoms with E-state index in [-0.39, 0.29) is 30.4 Å². The van der Waals surface area contributed by atoms with E-state index >= 15 is 0 Å². The second kappa shape index (κ2) is 8.38. The van der Waals surface area contributed by atoms with E-state index < -0.39 is 0 Å². The first kappa shape index (κ1) is 18.0. The minimum atomic E-state index is -0.239. The van der Waals surface area contributed by atoms with Crippen molar-refractivity contribution in [1.82, 2.24) is 10.2 Å². The summed E-state index contributed by atoms with van der Waals surface area (Å²) in [6, 6.07) is 7.11. The van der Waals surface area contributed by atoms with Gasteiger partial charge in [-0.25, -0.2) is 0 Å². The number of nitrogens with one attached hydrogen (secondary N) is 1. The van der Waals surface area contributed by atoms with Crippen molar-refractivity contribution in [3.63, 3.8) is 0 Å². The van der Waals surface area contributed by atoms with Gasteiger partial charge in [0.15, 0.2) is 6.61 Å². The molecule has 2 unspecified atom stereocenters. The van der Waals surface area contributed by atoms with Gasteiger partial charge in [-0.3, -0.25) is 9.59 Å². The highest BCUT2D eigenvalue weighted by Crippen LogP contribution is 2.13. The Kier molecular flexibility index (Phi) is 6.85. The predicted molar refractivity (Wildman–Crippen MR) is 85.3 cm³/mol. The summed E-state index contributed by atoms with van der Waals surface area (Å²) in [6.07, 6.45) is 0. The molecule has 2 atom stereocenters. The van der Waals surface area contributed by atoms with E-state index in [1.54, 1.807) is 40.1 Å². The molecule has 122 valence electrons. The first-order valence-electron chi connectivity index (χ1n) is 7.26. The molecule has 0 bridgehead atoms.